The first-order valence-electron chi connectivity index (χ1n) is 7.80. The number of nitrogens with zero attached hydrogens (tertiary/aromatic N) is 1. The van der Waals surface area contributed by atoms with Gasteiger partial charge in [0.25, 0.3) is 0 Å². The van der Waals surface area contributed by atoms with E-state index in [1.165, 1.54) is 12.1 Å². The molecule has 2 heterocycles. The minimum Gasteiger partial charge on any atom is -0.468 e. The number of sulfonamides is 1. The first kappa shape index (κ1) is 19.2. The minimum absolute atomic E-state index is 0.0718. The Morgan fingerprint density at radius 3 is 2.44 bits per heavy atom. The zero-order valence-electron chi connectivity index (χ0n) is 13.2. The molecule has 9 heteroatoms. The van der Waals surface area contributed by atoms with Gasteiger partial charge < -0.3 is 4.42 Å². The van der Waals surface area contributed by atoms with Crippen molar-refractivity contribution in [3.8, 4) is 0 Å². The Labute approximate surface area is 165 Å². The van der Waals surface area contributed by atoms with E-state index in [0.29, 0.717) is 4.47 Å². The quantitative estimate of drug-likeness (QED) is 0.680. The largest absolute Gasteiger partial charge is 0.468 e. The van der Waals surface area contributed by atoms with E-state index < -0.39 is 10.0 Å². The average Bonchev–Trinajstić information content (AvgIpc) is 3.19. The Balaban J connectivity index is 1.83. The van der Waals surface area contributed by atoms with Crippen LogP contribution in [0.4, 0.5) is 0 Å². The fraction of sp³-hybridized carbons (Fsp3) is 0.375. The monoisotopic (exact) mass is 466 g/mol. The average molecular weight is 468 g/mol. The Kier molecular flexibility index (Phi) is 6.13. The second-order valence-corrected chi connectivity index (χ2v) is 9.26. The van der Waals surface area contributed by atoms with E-state index in [2.05, 4.69) is 25.6 Å². The predicted octanol–water partition coefficient (Wildman–Crippen LogP) is 4.46. The summed E-state index contributed by atoms with van der Waals surface area (Å²) < 4.78 is 34.2. The van der Waals surface area contributed by atoms with Crippen molar-refractivity contribution in [2.75, 3.05) is 19.6 Å². The highest BCUT2D eigenvalue weighted by atomic mass is 79.9. The van der Waals surface area contributed by atoms with E-state index >= 15 is 0 Å². The van der Waals surface area contributed by atoms with E-state index in [9.17, 15) is 8.42 Å². The molecule has 0 saturated carbocycles. The summed E-state index contributed by atoms with van der Waals surface area (Å²) in [5, 5.41) is 0.144. The molecule has 1 aliphatic rings. The van der Waals surface area contributed by atoms with Crippen molar-refractivity contribution in [2.45, 2.75) is 23.8 Å². The SMILES string of the molecule is O=S(=O)(NC[C@H](c1ccco1)N1CCCC1)c1c(Cl)cc(Br)cc1Cl. The highest BCUT2D eigenvalue weighted by Crippen LogP contribution is 2.33. The molecule has 1 aromatic carbocycles. The molecular weight excluding hydrogens is 451 g/mol. The van der Waals surface area contributed by atoms with Crippen LogP contribution in [0.25, 0.3) is 0 Å². The molecule has 0 radical (unpaired) electrons. The van der Waals surface area contributed by atoms with Gasteiger partial charge in [0.2, 0.25) is 10.0 Å². The van der Waals surface area contributed by atoms with Gasteiger partial charge in [-0.05, 0) is 50.2 Å². The van der Waals surface area contributed by atoms with E-state index in [1.54, 1.807) is 12.3 Å². The van der Waals surface area contributed by atoms with Crippen molar-refractivity contribution in [3.05, 3.63) is 50.8 Å². The summed E-state index contributed by atoms with van der Waals surface area (Å²) in [6.07, 6.45) is 3.78. The van der Waals surface area contributed by atoms with Crippen LogP contribution in [0.1, 0.15) is 24.6 Å². The molecule has 0 spiro atoms. The second-order valence-electron chi connectivity index (χ2n) is 5.82. The van der Waals surface area contributed by atoms with Crippen LogP contribution in [0.5, 0.6) is 0 Å². The van der Waals surface area contributed by atoms with Gasteiger partial charge in [0.1, 0.15) is 10.7 Å². The van der Waals surface area contributed by atoms with Gasteiger partial charge in [0.15, 0.2) is 0 Å². The van der Waals surface area contributed by atoms with Gasteiger partial charge in [-0.1, -0.05) is 39.1 Å². The van der Waals surface area contributed by atoms with Gasteiger partial charge in [-0.3, -0.25) is 4.90 Å². The number of rotatable bonds is 6. The highest BCUT2D eigenvalue weighted by molar-refractivity contribution is 9.10. The number of benzene rings is 1. The number of hydrogen-bond donors (Lipinski definition) is 1. The van der Waals surface area contributed by atoms with Crippen molar-refractivity contribution < 1.29 is 12.8 Å². The number of hydrogen-bond acceptors (Lipinski definition) is 4. The fourth-order valence-corrected chi connectivity index (χ4v) is 5.96. The number of furan rings is 1. The van der Waals surface area contributed by atoms with Crippen molar-refractivity contribution in [1.29, 1.82) is 0 Å². The molecule has 136 valence electrons. The molecule has 1 atom stereocenters. The molecular formula is C16H17BrCl2N2O3S. The zero-order valence-corrected chi connectivity index (χ0v) is 17.1. The Morgan fingerprint density at radius 1 is 1.24 bits per heavy atom. The number of halogens is 3. The van der Waals surface area contributed by atoms with Gasteiger partial charge in [0.05, 0.1) is 22.4 Å². The lowest BCUT2D eigenvalue weighted by atomic mass is 10.2. The van der Waals surface area contributed by atoms with Gasteiger partial charge in [0, 0.05) is 11.0 Å². The van der Waals surface area contributed by atoms with Crippen molar-refractivity contribution in [1.82, 2.24) is 9.62 Å². The third-order valence-electron chi connectivity index (χ3n) is 4.15. The van der Waals surface area contributed by atoms with Crippen LogP contribution >= 0.6 is 39.1 Å². The van der Waals surface area contributed by atoms with Crippen LogP contribution in [0.15, 0.2) is 44.3 Å². The summed E-state index contributed by atoms with van der Waals surface area (Å²) in [5.41, 5.74) is 0. The summed E-state index contributed by atoms with van der Waals surface area (Å²) in [6, 6.07) is 6.51. The second kappa shape index (κ2) is 7.98. The lowest BCUT2D eigenvalue weighted by Gasteiger charge is -2.26. The van der Waals surface area contributed by atoms with E-state index in [-0.39, 0.29) is 27.5 Å². The molecule has 0 aliphatic carbocycles. The molecule has 0 unspecified atom stereocenters. The first-order valence-corrected chi connectivity index (χ1v) is 10.8. The van der Waals surface area contributed by atoms with Gasteiger partial charge in [-0.15, -0.1) is 0 Å². The fourth-order valence-electron chi connectivity index (χ4n) is 2.99. The van der Waals surface area contributed by atoms with E-state index in [1.807, 2.05) is 6.07 Å². The van der Waals surface area contributed by atoms with Gasteiger partial charge >= 0.3 is 0 Å². The predicted molar refractivity (Wildman–Crippen MR) is 102 cm³/mol. The molecule has 2 aromatic rings. The lowest BCUT2D eigenvalue weighted by molar-refractivity contribution is 0.216. The topological polar surface area (TPSA) is 62.6 Å². The zero-order chi connectivity index (χ0) is 18.0. The summed E-state index contributed by atoms with van der Waals surface area (Å²) in [5.74, 6) is 0.734. The van der Waals surface area contributed by atoms with Gasteiger partial charge in [-0.25, -0.2) is 13.1 Å². The Hall–Kier alpha value is -0.570. The van der Waals surface area contributed by atoms with Crippen molar-refractivity contribution in [2.24, 2.45) is 0 Å². The molecule has 1 fully saturated rings. The standard InChI is InChI=1S/C16H17BrCl2N2O3S/c17-11-8-12(18)16(13(19)9-11)25(22,23)20-10-14(15-4-3-7-24-15)21-5-1-2-6-21/h3-4,7-9,14,20H,1-2,5-6,10H2/t14-/m1/s1. The first-order chi connectivity index (χ1) is 11.9. The maximum atomic E-state index is 12.7. The molecule has 3 rings (SSSR count). The third-order valence-corrected chi connectivity index (χ3v) is 6.95. The van der Waals surface area contributed by atoms with Crippen LogP contribution in [0, 0.1) is 0 Å². The van der Waals surface area contributed by atoms with Crippen molar-refractivity contribution >= 4 is 49.2 Å². The molecule has 0 bridgehead atoms. The normalized spacial score (nSPS) is 17.1. The Bertz CT molecular complexity index is 814. The number of likely N-dealkylation sites (tertiary alicyclic amines) is 1. The molecule has 1 aromatic heterocycles. The maximum Gasteiger partial charge on any atom is 0.243 e. The minimum atomic E-state index is -3.86. The lowest BCUT2D eigenvalue weighted by Crippen LogP contribution is -2.36. The van der Waals surface area contributed by atoms with Crippen molar-refractivity contribution in [3.63, 3.8) is 0 Å². The maximum absolute atomic E-state index is 12.7. The Morgan fingerprint density at radius 2 is 1.88 bits per heavy atom. The molecule has 1 saturated heterocycles. The molecule has 25 heavy (non-hydrogen) atoms. The van der Waals surface area contributed by atoms with Crippen LogP contribution in [0.2, 0.25) is 10.0 Å². The van der Waals surface area contributed by atoms with Crippen LogP contribution in [-0.4, -0.2) is 33.0 Å². The molecule has 0 amide bonds. The van der Waals surface area contributed by atoms with Crippen LogP contribution in [-0.2, 0) is 10.0 Å². The van der Waals surface area contributed by atoms with Crippen LogP contribution in [0.3, 0.4) is 0 Å². The van der Waals surface area contributed by atoms with Gasteiger partial charge in [-0.2, -0.15) is 0 Å². The molecule has 1 N–H and O–H groups in total. The van der Waals surface area contributed by atoms with E-state index in [0.717, 1.165) is 31.7 Å². The molecule has 5 nitrogen and oxygen atoms in total. The number of nitrogens with one attached hydrogen (secondary N) is 1. The summed E-state index contributed by atoms with van der Waals surface area (Å²) in [7, 11) is -3.86. The smallest absolute Gasteiger partial charge is 0.243 e. The third kappa shape index (κ3) is 4.40. The summed E-state index contributed by atoms with van der Waals surface area (Å²) in [6.45, 7) is 2.00. The highest BCUT2D eigenvalue weighted by Gasteiger charge is 2.29. The molecule has 1 aliphatic heterocycles. The summed E-state index contributed by atoms with van der Waals surface area (Å²) >= 11 is 15.4. The summed E-state index contributed by atoms with van der Waals surface area (Å²) in [4.78, 5) is 2.10. The van der Waals surface area contributed by atoms with Crippen LogP contribution < -0.4 is 4.72 Å². The van der Waals surface area contributed by atoms with E-state index in [4.69, 9.17) is 27.6 Å².